The third-order valence-corrected chi connectivity index (χ3v) is 4.17. The van der Waals surface area contributed by atoms with Crippen molar-refractivity contribution in [2.45, 2.75) is 45.9 Å². The molecule has 1 atom stereocenters. The minimum Gasteiger partial charge on any atom is -0.490 e. The van der Waals surface area contributed by atoms with E-state index in [4.69, 9.17) is 14.2 Å². The van der Waals surface area contributed by atoms with Crippen LogP contribution < -0.4 is 9.47 Å². The van der Waals surface area contributed by atoms with Crippen LogP contribution in [0, 0.1) is 0 Å². The van der Waals surface area contributed by atoms with Crippen LogP contribution in [0.4, 0.5) is 4.79 Å². The van der Waals surface area contributed by atoms with Gasteiger partial charge >= 0.3 is 6.09 Å². The topological polar surface area (TPSA) is 65.1 Å². The predicted molar refractivity (Wildman–Crippen MR) is 105 cm³/mol. The van der Waals surface area contributed by atoms with Gasteiger partial charge in [-0.25, -0.2) is 9.69 Å². The van der Waals surface area contributed by atoms with E-state index in [1.807, 2.05) is 30.3 Å². The van der Waals surface area contributed by atoms with Gasteiger partial charge in [0.15, 0.2) is 0 Å². The van der Waals surface area contributed by atoms with Crippen molar-refractivity contribution in [2.75, 3.05) is 6.61 Å². The summed E-state index contributed by atoms with van der Waals surface area (Å²) in [6.07, 6.45) is -0.695. The summed E-state index contributed by atoms with van der Waals surface area (Å²) in [6, 6.07) is 14.3. The molecule has 6 heteroatoms. The molecule has 0 radical (unpaired) electrons. The molecule has 0 spiro atoms. The molecule has 1 heterocycles. The fourth-order valence-corrected chi connectivity index (χ4v) is 2.88. The third kappa shape index (κ3) is 4.44. The molecular formula is C22H25NO5. The Morgan fingerprint density at radius 2 is 1.86 bits per heavy atom. The van der Waals surface area contributed by atoms with Gasteiger partial charge in [0.2, 0.25) is 0 Å². The van der Waals surface area contributed by atoms with Gasteiger partial charge in [-0.2, -0.15) is 0 Å². The molecule has 3 rings (SSSR count). The number of hydrogen-bond donors (Lipinski definition) is 0. The van der Waals surface area contributed by atoms with Gasteiger partial charge in [0.05, 0.1) is 6.04 Å². The van der Waals surface area contributed by atoms with E-state index < -0.39 is 23.6 Å². The van der Waals surface area contributed by atoms with Crippen LogP contribution in [0.1, 0.15) is 43.6 Å². The fourth-order valence-electron chi connectivity index (χ4n) is 2.88. The van der Waals surface area contributed by atoms with Gasteiger partial charge in [0, 0.05) is 0 Å². The lowest BCUT2D eigenvalue weighted by Gasteiger charge is -2.28. The molecule has 0 N–H and O–H groups in total. The number of amides is 2. The summed E-state index contributed by atoms with van der Waals surface area (Å²) < 4.78 is 17.1. The smallest absolute Gasteiger partial charge is 0.417 e. The predicted octanol–water partition coefficient (Wildman–Crippen LogP) is 4.42. The standard InChI is InChI=1S/C22H25NO5/c1-15-13-26-17-11-8-12-18(27-14-16-9-6-5-7-10-16)19(17)20(24)23(15)21(25)28-22(2,3)4/h5-12,15H,13-14H2,1-4H3/t15-/m0/s1. The van der Waals surface area contributed by atoms with E-state index in [1.54, 1.807) is 45.9 Å². The molecule has 6 nitrogen and oxygen atoms in total. The highest BCUT2D eigenvalue weighted by Crippen LogP contribution is 2.34. The Bertz CT molecular complexity index is 857. The molecule has 2 aromatic rings. The highest BCUT2D eigenvalue weighted by molar-refractivity contribution is 6.07. The first-order valence-electron chi connectivity index (χ1n) is 9.25. The van der Waals surface area contributed by atoms with Crippen LogP contribution in [-0.2, 0) is 11.3 Å². The van der Waals surface area contributed by atoms with E-state index in [0.717, 1.165) is 10.5 Å². The normalized spacial score (nSPS) is 16.6. The Morgan fingerprint density at radius 3 is 2.54 bits per heavy atom. The first-order chi connectivity index (χ1) is 13.3. The largest absolute Gasteiger partial charge is 0.490 e. The second-order valence-corrected chi connectivity index (χ2v) is 7.72. The molecule has 148 valence electrons. The number of imide groups is 1. The maximum atomic E-state index is 13.3. The number of hydrogen-bond acceptors (Lipinski definition) is 5. The Labute approximate surface area is 165 Å². The molecule has 1 aliphatic rings. The van der Waals surface area contributed by atoms with E-state index in [1.165, 1.54) is 0 Å². The summed E-state index contributed by atoms with van der Waals surface area (Å²) >= 11 is 0. The molecule has 2 aromatic carbocycles. The number of benzene rings is 2. The zero-order valence-corrected chi connectivity index (χ0v) is 16.6. The molecular weight excluding hydrogens is 358 g/mol. The van der Waals surface area contributed by atoms with E-state index in [2.05, 4.69) is 0 Å². The molecule has 28 heavy (non-hydrogen) atoms. The Hall–Kier alpha value is -3.02. The molecule has 0 saturated carbocycles. The summed E-state index contributed by atoms with van der Waals surface area (Å²) in [6.45, 7) is 7.51. The minimum atomic E-state index is -0.712. The Balaban J connectivity index is 1.91. The van der Waals surface area contributed by atoms with Crippen LogP contribution >= 0.6 is 0 Å². The number of ether oxygens (including phenoxy) is 3. The molecule has 0 fully saturated rings. The maximum Gasteiger partial charge on any atom is 0.417 e. The second-order valence-electron chi connectivity index (χ2n) is 7.72. The van der Waals surface area contributed by atoms with Crippen molar-refractivity contribution in [1.82, 2.24) is 4.90 Å². The van der Waals surface area contributed by atoms with Gasteiger partial charge in [-0.05, 0) is 45.4 Å². The number of fused-ring (bicyclic) bond motifs is 1. The van der Waals surface area contributed by atoms with E-state index in [9.17, 15) is 9.59 Å². The second kappa shape index (κ2) is 7.92. The van der Waals surface area contributed by atoms with Gasteiger partial charge in [-0.15, -0.1) is 0 Å². The molecule has 0 bridgehead atoms. The van der Waals surface area contributed by atoms with Crippen molar-refractivity contribution in [1.29, 1.82) is 0 Å². The fraction of sp³-hybridized carbons (Fsp3) is 0.364. The first kappa shape index (κ1) is 19.7. The monoisotopic (exact) mass is 383 g/mol. The highest BCUT2D eigenvalue weighted by Gasteiger charge is 2.37. The molecule has 0 aromatic heterocycles. The van der Waals surface area contributed by atoms with Crippen LogP contribution in [0.25, 0.3) is 0 Å². The van der Waals surface area contributed by atoms with Crippen LogP contribution in [-0.4, -0.2) is 35.2 Å². The quantitative estimate of drug-likeness (QED) is 0.785. The first-order valence-corrected chi connectivity index (χ1v) is 9.25. The van der Waals surface area contributed by atoms with Crippen molar-refractivity contribution in [3.05, 3.63) is 59.7 Å². The summed E-state index contributed by atoms with van der Waals surface area (Å²) in [4.78, 5) is 27.0. The zero-order chi connectivity index (χ0) is 20.3. The average Bonchev–Trinajstić information content (AvgIpc) is 2.76. The number of rotatable bonds is 3. The zero-order valence-electron chi connectivity index (χ0n) is 16.6. The SMILES string of the molecule is C[C@H]1COc2cccc(OCc3ccccc3)c2C(=O)N1C(=O)OC(C)(C)C. The van der Waals surface area contributed by atoms with Gasteiger partial charge in [-0.1, -0.05) is 36.4 Å². The van der Waals surface area contributed by atoms with Gasteiger partial charge in [0.1, 0.15) is 35.9 Å². The van der Waals surface area contributed by atoms with Crippen molar-refractivity contribution in [3.63, 3.8) is 0 Å². The van der Waals surface area contributed by atoms with Crippen molar-refractivity contribution >= 4 is 12.0 Å². The summed E-state index contributed by atoms with van der Waals surface area (Å²) in [7, 11) is 0. The molecule has 0 aliphatic carbocycles. The van der Waals surface area contributed by atoms with Crippen molar-refractivity contribution in [2.24, 2.45) is 0 Å². The lowest BCUT2D eigenvalue weighted by molar-refractivity contribution is 0.0157. The number of nitrogens with zero attached hydrogens (tertiary/aromatic N) is 1. The van der Waals surface area contributed by atoms with E-state index in [-0.39, 0.29) is 12.2 Å². The molecule has 1 aliphatic heterocycles. The van der Waals surface area contributed by atoms with Crippen molar-refractivity contribution in [3.8, 4) is 11.5 Å². The van der Waals surface area contributed by atoms with Gasteiger partial charge in [-0.3, -0.25) is 4.79 Å². The molecule has 0 saturated heterocycles. The van der Waals surface area contributed by atoms with Crippen LogP contribution in [0.5, 0.6) is 11.5 Å². The summed E-state index contributed by atoms with van der Waals surface area (Å²) in [5.74, 6) is 0.278. The lowest BCUT2D eigenvalue weighted by Crippen LogP contribution is -2.46. The van der Waals surface area contributed by atoms with Crippen LogP contribution in [0.2, 0.25) is 0 Å². The maximum absolute atomic E-state index is 13.3. The van der Waals surface area contributed by atoms with Crippen LogP contribution in [0.15, 0.2) is 48.5 Å². The number of carbonyl (C=O) groups excluding carboxylic acids is 2. The lowest BCUT2D eigenvalue weighted by atomic mass is 10.1. The summed E-state index contributed by atoms with van der Waals surface area (Å²) in [5, 5.41) is 0. The Kier molecular flexibility index (Phi) is 5.58. The van der Waals surface area contributed by atoms with Gasteiger partial charge in [0.25, 0.3) is 5.91 Å². The van der Waals surface area contributed by atoms with Crippen LogP contribution in [0.3, 0.4) is 0 Å². The Morgan fingerprint density at radius 1 is 1.14 bits per heavy atom. The summed E-state index contributed by atoms with van der Waals surface area (Å²) in [5.41, 5.74) is 0.490. The third-order valence-electron chi connectivity index (χ3n) is 4.17. The number of carbonyl (C=O) groups is 2. The van der Waals surface area contributed by atoms with E-state index >= 15 is 0 Å². The van der Waals surface area contributed by atoms with Crippen molar-refractivity contribution < 1.29 is 23.8 Å². The van der Waals surface area contributed by atoms with E-state index in [0.29, 0.717) is 18.1 Å². The molecule has 0 unspecified atom stereocenters. The average molecular weight is 383 g/mol. The van der Waals surface area contributed by atoms with Gasteiger partial charge < -0.3 is 14.2 Å². The highest BCUT2D eigenvalue weighted by atomic mass is 16.6. The molecule has 2 amide bonds. The minimum absolute atomic E-state index is 0.181.